The van der Waals surface area contributed by atoms with Gasteiger partial charge in [0, 0.05) is 38.8 Å². The van der Waals surface area contributed by atoms with E-state index in [9.17, 15) is 80.3 Å². The first-order valence-corrected chi connectivity index (χ1v) is 32.1. The van der Waals surface area contributed by atoms with Gasteiger partial charge in [-0.15, -0.1) is 18.9 Å². The number of fused-ring (bicyclic) bond motifs is 2. The largest absolute Gasteiger partial charge is 0.594 e. The zero-order chi connectivity index (χ0) is 64.4. The van der Waals surface area contributed by atoms with Crippen molar-refractivity contribution in [2.45, 2.75) is 41.2 Å². The summed E-state index contributed by atoms with van der Waals surface area (Å²) in [6.45, 7) is 1.65. The van der Waals surface area contributed by atoms with E-state index in [2.05, 4.69) is 44.3 Å². The summed E-state index contributed by atoms with van der Waals surface area (Å²) in [6.07, 6.45) is 5.19. The molecule has 0 saturated heterocycles. The number of phenolic OH excluding ortho intramolecular Hbond substituents is 2. The van der Waals surface area contributed by atoms with Gasteiger partial charge in [-0.3, -0.25) is 22.8 Å². The smallest absolute Gasteiger partial charge is 0.297 e. The zero-order valence-electron chi connectivity index (χ0n) is 43.5. The molecule has 88 heavy (non-hydrogen) atoms. The molecular formula is C49H38N8O24S7. The van der Waals surface area contributed by atoms with Crippen molar-refractivity contribution >= 4 is 166 Å². The quantitative estimate of drug-likeness (QED) is 0.00465. The Morgan fingerprint density at radius 2 is 0.898 bits per heavy atom. The van der Waals surface area contributed by atoms with Crippen molar-refractivity contribution in [3.63, 3.8) is 0 Å². The maximum atomic E-state index is 13.5. The topological polar surface area (TPSA) is 530 Å². The van der Waals surface area contributed by atoms with E-state index in [0.29, 0.717) is 41.3 Å². The molecule has 0 unspecified atom stereocenters. The summed E-state index contributed by atoms with van der Waals surface area (Å²) in [5.74, 6) is -1.70. The Labute approximate surface area is 504 Å². The molecule has 39 heteroatoms. The van der Waals surface area contributed by atoms with Crippen LogP contribution in [0.2, 0.25) is 0 Å². The first kappa shape index (κ1) is 65.5. The number of nitrogen functional groups attached to an aromatic ring is 2. The molecule has 0 atom stereocenters. The second-order valence-electron chi connectivity index (χ2n) is 17.8. The number of aryl methyl sites for hydroxylation is 1. The highest BCUT2D eigenvalue weighted by atomic mass is 32.2. The molecule has 0 aliphatic heterocycles. The van der Waals surface area contributed by atoms with E-state index in [1.807, 2.05) is 0 Å². The standard InChI is InChI=1S/C49H38N8O24S7/c1-24-18-29(52-54-44-40(83-81-79-62)22-35-33(46(44)58)14-16-37(50)48(35)87(72,73)74)10-6-25(24)2-4-27-8-12-31(20-42(27)85(66,67)68)56-57(60)32-13-9-26(39(21-32)82-80-78-61)3-5-28-7-11-30(19-41(28)84(63,64)65)53-55-45-43(86(69,70)71)23-36-34(47(45)59)15-17-38(51)49(36)88(75,76)77/h2-23,58-59,61-62H,50-51H2,1H3,(H,63,64,65)(H,66,67,68)(H,69,70,71)(H,72,73,74)(H,75,76,77)/b4-2+,5-3+,54-52?,55-53?,57-56?. The van der Waals surface area contributed by atoms with Crippen LogP contribution >= 0.6 is 24.1 Å². The number of hydrogen-bond acceptors (Lipinski definition) is 28. The van der Waals surface area contributed by atoms with Gasteiger partial charge in [0.25, 0.3) is 50.6 Å². The van der Waals surface area contributed by atoms with Crippen LogP contribution in [0.15, 0.2) is 169 Å². The van der Waals surface area contributed by atoms with Crippen LogP contribution in [0.4, 0.5) is 45.5 Å². The van der Waals surface area contributed by atoms with Crippen molar-refractivity contribution in [1.82, 2.24) is 0 Å². The van der Waals surface area contributed by atoms with Gasteiger partial charge in [-0.05, 0) is 114 Å². The van der Waals surface area contributed by atoms with E-state index in [1.165, 1.54) is 60.7 Å². The number of phenols is 2. The Hall–Kier alpha value is -8.43. The molecule has 0 saturated carbocycles. The summed E-state index contributed by atoms with van der Waals surface area (Å²) in [7, 11) is -25.6. The van der Waals surface area contributed by atoms with Crippen LogP contribution in [0, 0.1) is 12.1 Å². The van der Waals surface area contributed by atoms with E-state index in [1.54, 1.807) is 13.0 Å². The van der Waals surface area contributed by atoms with Gasteiger partial charge in [0.15, 0.2) is 11.5 Å². The SMILES string of the molecule is Cc1cc(N=Nc2c(SOOO)cc3c(S(=O)(=O)O)c(N)ccc3c2O)ccc1/C=C/c1ccc(N=[N+]([O-])c2ccc(/C=C/c3ccc(N=Nc4c(S(=O)(=O)O)cc5c(S(=O)(=O)O)c(N)ccc5c4O)cc3S(=O)(=O)O)c(SOOO)c2)cc1S(=O)(=O)O. The average molecular weight is 1350 g/mol. The maximum Gasteiger partial charge on any atom is 0.297 e. The summed E-state index contributed by atoms with van der Waals surface area (Å²) >= 11 is 0.621. The van der Waals surface area contributed by atoms with Gasteiger partial charge in [-0.25, -0.2) is 10.5 Å². The minimum Gasteiger partial charge on any atom is -0.594 e. The van der Waals surface area contributed by atoms with Crippen molar-refractivity contribution in [2.75, 3.05) is 11.5 Å². The molecule has 32 nitrogen and oxygen atoms in total. The maximum absolute atomic E-state index is 13.5. The van der Waals surface area contributed by atoms with Crippen LogP contribution < -0.4 is 11.5 Å². The number of benzene rings is 8. The van der Waals surface area contributed by atoms with Gasteiger partial charge in [0.1, 0.15) is 41.5 Å². The van der Waals surface area contributed by atoms with E-state index in [0.717, 1.165) is 60.7 Å². The Kier molecular flexibility index (Phi) is 19.2. The molecule has 0 heterocycles. The molecule has 0 aromatic heterocycles. The molecule has 0 aliphatic rings. The fraction of sp³-hybridized carbons (Fsp3) is 0.0204. The minimum atomic E-state index is -5.36. The molecule has 8 rings (SSSR count). The van der Waals surface area contributed by atoms with Gasteiger partial charge < -0.3 is 26.9 Å². The summed E-state index contributed by atoms with van der Waals surface area (Å²) in [5.41, 5.74) is 9.40. The predicted molar refractivity (Wildman–Crippen MR) is 313 cm³/mol. The highest BCUT2D eigenvalue weighted by molar-refractivity contribution is 7.95. The van der Waals surface area contributed by atoms with Gasteiger partial charge in [-0.1, -0.05) is 57.4 Å². The average Bonchev–Trinajstić information content (AvgIpc) is 1.36. The van der Waals surface area contributed by atoms with Crippen molar-refractivity contribution in [3.8, 4) is 11.5 Å². The third-order valence-corrected chi connectivity index (χ3v) is 18.1. The molecule has 8 aromatic rings. The lowest BCUT2D eigenvalue weighted by Gasteiger charge is -2.12. The summed E-state index contributed by atoms with van der Waals surface area (Å²) in [5, 5.41) is 78.8. The summed E-state index contributed by atoms with van der Waals surface area (Å²) < 4.78 is 183. The van der Waals surface area contributed by atoms with Gasteiger partial charge in [0.2, 0.25) is 5.69 Å². The lowest BCUT2D eigenvalue weighted by molar-refractivity contribution is -0.435. The van der Waals surface area contributed by atoms with Crippen molar-refractivity contribution in [1.29, 1.82) is 0 Å². The van der Waals surface area contributed by atoms with Crippen LogP contribution in [-0.2, 0) is 69.3 Å². The monoisotopic (exact) mass is 1350 g/mol. The number of anilines is 2. The lowest BCUT2D eigenvalue weighted by atomic mass is 10.1. The van der Waals surface area contributed by atoms with Crippen LogP contribution in [0.3, 0.4) is 0 Å². The lowest BCUT2D eigenvalue weighted by Crippen LogP contribution is -2.06. The van der Waals surface area contributed by atoms with Crippen molar-refractivity contribution in [3.05, 3.63) is 142 Å². The fourth-order valence-corrected chi connectivity index (χ4v) is 13.0. The van der Waals surface area contributed by atoms with E-state index < -0.39 is 114 Å². The molecule has 0 aliphatic carbocycles. The molecule has 0 bridgehead atoms. The Bertz CT molecular complexity index is 4950. The predicted octanol–water partition coefficient (Wildman–Crippen LogP) is 11.1. The Balaban J connectivity index is 1.04. The number of aromatic hydroxyl groups is 2. The zero-order valence-corrected chi connectivity index (χ0v) is 49.3. The molecule has 8 aromatic carbocycles. The first-order valence-electron chi connectivity index (χ1n) is 23.4. The van der Waals surface area contributed by atoms with Crippen molar-refractivity contribution < 1.29 is 109 Å². The number of rotatable bonds is 21. The number of nitrogens with two attached hydrogens (primary N) is 2. The Morgan fingerprint density at radius 1 is 0.466 bits per heavy atom. The molecule has 0 amide bonds. The van der Waals surface area contributed by atoms with Gasteiger partial charge >= 0.3 is 0 Å². The highest BCUT2D eigenvalue weighted by Gasteiger charge is 2.29. The van der Waals surface area contributed by atoms with Crippen LogP contribution in [0.1, 0.15) is 27.8 Å². The van der Waals surface area contributed by atoms with Crippen LogP contribution in [0.5, 0.6) is 11.5 Å². The highest BCUT2D eigenvalue weighted by Crippen LogP contribution is 2.48. The molecule has 13 N–H and O–H groups in total. The summed E-state index contributed by atoms with van der Waals surface area (Å²) in [6, 6.07) is 20.5. The minimum absolute atomic E-state index is 0.0257. The summed E-state index contributed by atoms with van der Waals surface area (Å²) in [4.78, 5) is -4.59. The van der Waals surface area contributed by atoms with Gasteiger partial charge in [0.05, 0.1) is 56.6 Å². The van der Waals surface area contributed by atoms with Crippen molar-refractivity contribution in [2.24, 2.45) is 25.6 Å². The van der Waals surface area contributed by atoms with E-state index >= 15 is 0 Å². The molecule has 0 spiro atoms. The third-order valence-electron chi connectivity index (χ3n) is 12.2. The number of hydrogen-bond donors (Lipinski definition) is 11. The molecule has 460 valence electrons. The van der Waals surface area contributed by atoms with Gasteiger partial charge in [-0.2, -0.15) is 52.3 Å². The van der Waals surface area contributed by atoms with Crippen LogP contribution in [-0.4, -0.2) is 90.4 Å². The molecular weight excluding hydrogens is 1310 g/mol. The third kappa shape index (κ3) is 14.8. The number of nitrogens with zero attached hydrogens (tertiary/aromatic N) is 6. The van der Waals surface area contributed by atoms with E-state index in [4.69, 9.17) is 22.0 Å². The number of azo groups is 3. The fourth-order valence-electron chi connectivity index (χ4n) is 8.34. The van der Waals surface area contributed by atoms with E-state index in [-0.39, 0.29) is 70.6 Å². The molecule has 0 radical (unpaired) electrons. The first-order chi connectivity index (χ1) is 41.2. The second kappa shape index (κ2) is 25.7. The normalized spacial score (nSPS) is 13.2. The second-order valence-corrected chi connectivity index (χ2v) is 26.1. The Morgan fingerprint density at radius 3 is 1.41 bits per heavy atom. The van der Waals surface area contributed by atoms with Crippen LogP contribution in [0.25, 0.3) is 45.8 Å². The molecule has 0 fully saturated rings.